The molecule has 2 saturated heterocycles. The molecule has 6 aromatic rings. The Kier molecular flexibility index (Phi) is 12.1. The van der Waals surface area contributed by atoms with Crippen molar-refractivity contribution < 1.29 is 48.5 Å². The van der Waals surface area contributed by atoms with Crippen LogP contribution in [0.15, 0.2) is 121 Å². The Hall–Kier alpha value is -5.24. The van der Waals surface area contributed by atoms with Gasteiger partial charge in [0.25, 0.3) is 0 Å². The van der Waals surface area contributed by atoms with Gasteiger partial charge in [-0.3, -0.25) is 4.90 Å². The molecule has 292 valence electrons. The predicted molar refractivity (Wildman–Crippen MR) is 218 cm³/mol. The molecule has 0 bridgehead atoms. The number of imide groups is 1. The van der Waals surface area contributed by atoms with Crippen molar-refractivity contribution in [1.82, 2.24) is 15.1 Å². The van der Waals surface area contributed by atoms with Gasteiger partial charge in [0.2, 0.25) is 0 Å². The molecular weight excluding hydrogens is 849 g/mol. The second-order valence-electron chi connectivity index (χ2n) is 14.4. The zero-order valence-electron chi connectivity index (χ0n) is 31.6. The average Bonchev–Trinajstić information content (AvgIpc) is 3.99. The number of rotatable bonds is 14. The second kappa shape index (κ2) is 17.9. The van der Waals surface area contributed by atoms with E-state index in [-0.39, 0.29) is 29.6 Å². The van der Waals surface area contributed by atoms with E-state index in [1.807, 2.05) is 78.9 Å². The van der Waals surface area contributed by atoms with E-state index >= 15 is 0 Å². The minimum atomic E-state index is -1.18. The zero-order valence-corrected chi connectivity index (χ0v) is 34.6. The van der Waals surface area contributed by atoms with Crippen LogP contribution < -0.4 is 34.7 Å². The van der Waals surface area contributed by atoms with Gasteiger partial charge in [-0.05, 0) is 31.5 Å². The van der Waals surface area contributed by atoms with E-state index in [9.17, 15) is 14.4 Å². The van der Waals surface area contributed by atoms with Gasteiger partial charge in [0, 0.05) is 0 Å². The van der Waals surface area contributed by atoms with Crippen LogP contribution in [0.3, 0.4) is 0 Å². The Morgan fingerprint density at radius 3 is 2.33 bits per heavy atom. The molecule has 11 heteroatoms. The smallest absolute Gasteiger partial charge is 0.299 e. The van der Waals surface area contributed by atoms with E-state index in [0.29, 0.717) is 17.1 Å². The van der Waals surface area contributed by atoms with E-state index in [1.165, 1.54) is 48.2 Å². The van der Waals surface area contributed by atoms with Crippen LogP contribution in [-0.4, -0.2) is 58.0 Å². The first-order valence-corrected chi connectivity index (χ1v) is 21.9. The summed E-state index contributed by atoms with van der Waals surface area (Å²) in [5.41, 5.74) is 7.79. The third kappa shape index (κ3) is 9.49. The number of hydrogen-bond donors (Lipinski definition) is 1. The maximum atomic E-state index is 12.8. The Bertz CT molecular complexity index is 2360. The van der Waals surface area contributed by atoms with E-state index in [4.69, 9.17) is 12.5 Å². The number of nitrogens with zero attached hydrogens (tertiary/aromatic N) is 2. The van der Waals surface area contributed by atoms with Gasteiger partial charge in [-0.25, -0.2) is 14.5 Å². The van der Waals surface area contributed by atoms with Crippen molar-refractivity contribution in [1.29, 1.82) is 0 Å². The van der Waals surface area contributed by atoms with Gasteiger partial charge < -0.3 is 10.1 Å². The van der Waals surface area contributed by atoms with Crippen LogP contribution in [0, 0.1) is 6.92 Å². The molecule has 1 aromatic heterocycles. The van der Waals surface area contributed by atoms with Crippen LogP contribution in [-0.2, 0) is 24.3 Å². The van der Waals surface area contributed by atoms with Crippen molar-refractivity contribution >= 4 is 37.3 Å². The molecule has 2 aliphatic rings. The first kappa shape index (κ1) is 38.6. The van der Waals surface area contributed by atoms with Crippen LogP contribution in [0.25, 0.3) is 20.5 Å². The molecule has 0 aliphatic carbocycles. The molecular formula is C46H43IN3O6S-. The summed E-state index contributed by atoms with van der Waals surface area (Å²) in [6.45, 7) is 6.01. The normalized spacial score (nSPS) is 15.6. The first-order valence-electron chi connectivity index (χ1n) is 19.2. The second-order valence-corrected chi connectivity index (χ2v) is 17.3. The van der Waals surface area contributed by atoms with Crippen molar-refractivity contribution in [3.63, 3.8) is 0 Å². The van der Waals surface area contributed by atoms with Crippen molar-refractivity contribution in [2.24, 2.45) is 0 Å². The third-order valence-corrected chi connectivity index (χ3v) is 13.3. The molecule has 3 heterocycles. The number of halogens is 1. The molecule has 1 unspecified atom stereocenters. The molecule has 0 spiro atoms. The Morgan fingerprint density at radius 2 is 1.58 bits per heavy atom. The number of carbonyl (C=O) groups excluding carboxylic acids is 3. The standard InChI is InChI=1S/C46H43IN3O6S/c1-31-24-33(14-15-36(31)27-49-22-8-9-23-49)25-41-40-21-20-39(56-47-44(51)35-12-6-3-7-13-35)26-42(40)57-43(41)34-16-18-38(19-17-34)54-30-37-28-50(45(52)48-37)46(53)55-29-32-10-4-2-5-11-32/h2-7,10-21,24,26,37H,8-9,22-23,25,27-30H2,1H3,(H,48,52)/q-1. The Morgan fingerprint density at radius 1 is 0.842 bits per heavy atom. The summed E-state index contributed by atoms with van der Waals surface area (Å²) in [6, 6.07) is 38.9. The minimum absolute atomic E-state index is 0.0434. The molecule has 3 amide bonds. The van der Waals surface area contributed by atoms with Crippen molar-refractivity contribution in [3.8, 4) is 21.9 Å². The molecule has 1 atom stereocenters. The molecule has 8 rings (SSSR count). The predicted octanol–water partition coefficient (Wildman–Crippen LogP) is 6.40. The Balaban J connectivity index is 0.972. The number of likely N-dealkylation sites (tertiary alicyclic amines) is 1. The molecule has 2 aliphatic heterocycles. The number of hydrogen-bond acceptors (Lipinski definition) is 8. The maximum absolute atomic E-state index is 12.8. The number of thiophene rings is 1. The number of nitrogens with one attached hydrogen (secondary N) is 1. The number of aryl methyl sites for hydroxylation is 1. The molecule has 57 heavy (non-hydrogen) atoms. The van der Waals surface area contributed by atoms with Gasteiger partial charge >= 0.3 is 239 Å². The van der Waals surface area contributed by atoms with Gasteiger partial charge in [0.1, 0.15) is 6.61 Å². The number of fused-ring (bicyclic) bond motifs is 1. The number of benzene rings is 5. The van der Waals surface area contributed by atoms with Crippen LogP contribution in [0.1, 0.15) is 51.0 Å². The fraction of sp³-hybridized carbons (Fsp3) is 0.239. The average molecular weight is 893 g/mol. The monoisotopic (exact) mass is 892 g/mol. The van der Waals surface area contributed by atoms with E-state index in [1.54, 1.807) is 11.3 Å². The van der Waals surface area contributed by atoms with E-state index < -0.39 is 33.7 Å². The first-order chi connectivity index (χ1) is 27.9. The molecule has 0 radical (unpaired) electrons. The Labute approximate surface area is 347 Å². The third-order valence-electron chi connectivity index (χ3n) is 10.3. The van der Waals surface area contributed by atoms with Crippen LogP contribution in [0.2, 0.25) is 0 Å². The fourth-order valence-electron chi connectivity index (χ4n) is 7.26. The van der Waals surface area contributed by atoms with Crippen LogP contribution in [0.5, 0.6) is 11.5 Å². The van der Waals surface area contributed by atoms with E-state index in [2.05, 4.69) is 59.6 Å². The van der Waals surface area contributed by atoms with Gasteiger partial charge in [-0.15, -0.1) is 0 Å². The van der Waals surface area contributed by atoms with Gasteiger partial charge in [0.15, 0.2) is 0 Å². The van der Waals surface area contributed by atoms with Crippen molar-refractivity contribution in [2.45, 2.75) is 45.4 Å². The molecule has 1 N–H and O–H groups in total. The molecule has 2 fully saturated rings. The summed E-state index contributed by atoms with van der Waals surface area (Å²) in [5.74, 6) is 1.36. The number of urea groups is 1. The number of amides is 3. The van der Waals surface area contributed by atoms with Gasteiger partial charge in [0.05, 0.1) is 12.6 Å². The van der Waals surface area contributed by atoms with Gasteiger partial charge in [-0.2, -0.15) is 0 Å². The molecule has 0 saturated carbocycles. The summed E-state index contributed by atoms with van der Waals surface area (Å²) in [7, 11) is 0. The van der Waals surface area contributed by atoms with Crippen LogP contribution in [0.4, 0.5) is 9.59 Å². The van der Waals surface area contributed by atoms with Crippen LogP contribution >= 0.6 is 11.3 Å². The summed E-state index contributed by atoms with van der Waals surface area (Å²) in [4.78, 5) is 42.8. The summed E-state index contributed by atoms with van der Waals surface area (Å²) in [5, 5.41) is 3.99. The quantitative estimate of drug-likeness (QED) is 0.100. The summed E-state index contributed by atoms with van der Waals surface area (Å²) in [6.07, 6.45) is 2.64. The summed E-state index contributed by atoms with van der Waals surface area (Å²) < 4.78 is 18.7. The van der Waals surface area contributed by atoms with Gasteiger partial charge in [-0.1, -0.05) is 30.3 Å². The summed E-state index contributed by atoms with van der Waals surface area (Å²) >= 11 is 0.536. The zero-order chi connectivity index (χ0) is 39.1. The fourth-order valence-corrected chi connectivity index (χ4v) is 9.86. The topological polar surface area (TPSA) is 97.4 Å². The van der Waals surface area contributed by atoms with Crippen molar-refractivity contribution in [2.75, 3.05) is 26.2 Å². The SMILES string of the molecule is Cc1cc(Cc2c(-c3ccc(OCC4CN(C(=O)OCc5ccccc5)C(=O)N4)cc3)sc3cc(O[I-]C(=O)c4ccccc4)ccc23)ccc1CN1CCCC1. The number of carbonyl (C=O) groups is 3. The minimum Gasteiger partial charge on any atom is -0.299 e. The molecule has 9 nitrogen and oxygen atoms in total. The number of ether oxygens (including phenoxy) is 2. The molecule has 5 aromatic carbocycles. The van der Waals surface area contributed by atoms with Crippen molar-refractivity contribution in [3.05, 3.63) is 155 Å². The van der Waals surface area contributed by atoms with E-state index in [0.717, 1.165) is 44.0 Å².